The van der Waals surface area contributed by atoms with E-state index < -0.39 is 8.07 Å². The smallest absolute Gasteiger partial charge is 0.0808 e. The minimum absolute atomic E-state index is 1.03. The van der Waals surface area contributed by atoms with E-state index in [2.05, 4.69) is 114 Å². The summed E-state index contributed by atoms with van der Waals surface area (Å²) >= 11 is 0. The molecule has 0 aromatic heterocycles. The van der Waals surface area contributed by atoms with Gasteiger partial charge in [-0.3, -0.25) is 0 Å². The van der Waals surface area contributed by atoms with Gasteiger partial charge < -0.3 is 0 Å². The number of rotatable bonds is 4. The first-order chi connectivity index (χ1) is 14.3. The second-order valence-electron chi connectivity index (χ2n) is 9.18. The molecule has 0 nitrogen and oxygen atoms in total. The van der Waals surface area contributed by atoms with Gasteiger partial charge in [-0.25, -0.2) is 0 Å². The third-order valence-electron chi connectivity index (χ3n) is 6.17. The van der Waals surface area contributed by atoms with E-state index in [4.69, 9.17) is 0 Å². The second-order valence-corrected chi connectivity index (χ2v) is 13.0. The average molecular weight is 409 g/mol. The van der Waals surface area contributed by atoms with Crippen molar-refractivity contribution in [2.75, 3.05) is 0 Å². The Labute approximate surface area is 183 Å². The molecule has 152 valence electrons. The van der Waals surface area contributed by atoms with Gasteiger partial charge in [0.25, 0.3) is 0 Å². The fraction of sp³-hybridized carbons (Fsp3) is 0.241. The van der Waals surface area contributed by atoms with E-state index in [0.29, 0.717) is 0 Å². The largest absolute Gasteiger partial charge is 0.179 e. The van der Waals surface area contributed by atoms with E-state index in [1.807, 2.05) is 0 Å². The Kier molecular flexibility index (Phi) is 5.42. The summed E-state index contributed by atoms with van der Waals surface area (Å²) in [4.78, 5) is 0. The zero-order chi connectivity index (χ0) is 21.5. The highest BCUT2D eigenvalue weighted by molar-refractivity contribution is 7.16. The summed E-state index contributed by atoms with van der Waals surface area (Å²) in [6.45, 7) is 13.4. The lowest BCUT2D eigenvalue weighted by Crippen LogP contribution is -2.68. The molecule has 3 aromatic rings. The Balaban J connectivity index is 2.20. The first-order valence-corrected chi connectivity index (χ1v) is 12.9. The van der Waals surface area contributed by atoms with Crippen LogP contribution in [-0.4, -0.2) is 8.07 Å². The molecule has 0 atom stereocenters. The molecule has 0 heterocycles. The molecule has 0 saturated heterocycles. The number of allylic oxidation sites excluding steroid dienone is 4. The molecule has 0 spiro atoms. The van der Waals surface area contributed by atoms with E-state index in [1.165, 1.54) is 54.1 Å². The van der Waals surface area contributed by atoms with E-state index >= 15 is 0 Å². The van der Waals surface area contributed by atoms with Crippen molar-refractivity contribution in [2.45, 2.75) is 48.0 Å². The summed E-state index contributed by atoms with van der Waals surface area (Å²) in [6.07, 6.45) is 8.23. The number of hydrogen-bond acceptors (Lipinski definition) is 0. The number of hydrogen-bond donors (Lipinski definition) is 0. The summed E-state index contributed by atoms with van der Waals surface area (Å²) in [6, 6.07) is 21.6. The van der Waals surface area contributed by atoms with Gasteiger partial charge in [0, 0.05) is 0 Å². The first kappa shape index (κ1) is 20.6. The Morgan fingerprint density at radius 3 is 1.10 bits per heavy atom. The lowest BCUT2D eigenvalue weighted by molar-refractivity contribution is 1.38. The van der Waals surface area contributed by atoms with E-state index in [9.17, 15) is 0 Å². The third-order valence-corrected chi connectivity index (χ3v) is 10.9. The molecule has 0 unspecified atom stereocenters. The average Bonchev–Trinajstić information content (AvgIpc) is 3.15. The van der Waals surface area contributed by atoms with Crippen molar-refractivity contribution >= 4 is 23.6 Å². The molecule has 0 bridgehead atoms. The Morgan fingerprint density at radius 2 is 0.833 bits per heavy atom. The third kappa shape index (κ3) is 3.63. The highest BCUT2D eigenvalue weighted by atomic mass is 28.3. The van der Waals surface area contributed by atoms with Crippen molar-refractivity contribution in [1.29, 1.82) is 0 Å². The predicted octanol–water partition coefficient (Wildman–Crippen LogP) is 5.43. The van der Waals surface area contributed by atoms with Crippen molar-refractivity contribution in [3.63, 3.8) is 0 Å². The van der Waals surface area contributed by atoms with Crippen molar-refractivity contribution in [1.82, 2.24) is 0 Å². The van der Waals surface area contributed by atoms with Gasteiger partial charge in [-0.1, -0.05) is 106 Å². The minimum Gasteiger partial charge on any atom is -0.0808 e. The number of benzene rings is 3. The van der Waals surface area contributed by atoms with Crippen LogP contribution in [0.1, 0.15) is 39.8 Å². The molecule has 0 fully saturated rings. The van der Waals surface area contributed by atoms with Gasteiger partial charge in [-0.05, 0) is 68.7 Å². The van der Waals surface area contributed by atoms with Crippen molar-refractivity contribution in [3.05, 3.63) is 111 Å². The van der Waals surface area contributed by atoms with Gasteiger partial charge in [0.2, 0.25) is 0 Å². The molecule has 0 radical (unpaired) electrons. The minimum atomic E-state index is -2.40. The van der Waals surface area contributed by atoms with Crippen molar-refractivity contribution in [3.8, 4) is 0 Å². The predicted molar refractivity (Wildman–Crippen MR) is 134 cm³/mol. The molecule has 4 rings (SSSR count). The van der Waals surface area contributed by atoms with Crippen LogP contribution in [0.3, 0.4) is 0 Å². The molecule has 1 aliphatic carbocycles. The zero-order valence-electron chi connectivity index (χ0n) is 19.1. The van der Waals surface area contributed by atoms with Crippen LogP contribution in [0.5, 0.6) is 0 Å². The van der Waals surface area contributed by atoms with Crippen LogP contribution < -0.4 is 15.6 Å². The summed E-state index contributed by atoms with van der Waals surface area (Å²) < 4.78 is 0. The fourth-order valence-corrected chi connectivity index (χ4v) is 10.8. The molecule has 0 saturated carbocycles. The van der Waals surface area contributed by atoms with Gasteiger partial charge in [0.05, 0.1) is 0 Å². The summed E-state index contributed by atoms with van der Waals surface area (Å²) in [7, 11) is -2.40. The van der Waals surface area contributed by atoms with Crippen LogP contribution in [0, 0.1) is 41.5 Å². The molecule has 1 aliphatic rings. The normalized spacial score (nSPS) is 13.6. The Hall–Kier alpha value is -2.64. The maximum atomic E-state index is 2.47. The molecule has 3 aromatic carbocycles. The molecule has 1 heteroatoms. The van der Waals surface area contributed by atoms with Crippen molar-refractivity contribution < 1.29 is 0 Å². The second kappa shape index (κ2) is 7.89. The highest BCUT2D eigenvalue weighted by Gasteiger charge is 2.43. The standard InChI is InChI=1S/C29H32Si/c1-20-11-21(2)15-27(14-20)30(26-9-7-8-10-26,28-16-22(3)12-23(4)17-28)29-18-24(5)13-25(6)19-29/h7,9-19H,8H2,1-6H3. The SMILES string of the molecule is Cc1cc(C)cc([Si](C2=CCC=C2)(c2cc(C)cc(C)c2)c2cc(C)cc(C)c2)c1. The van der Waals surface area contributed by atoms with Crippen LogP contribution in [0.15, 0.2) is 78.0 Å². The lowest BCUT2D eigenvalue weighted by atomic mass is 10.1. The summed E-state index contributed by atoms with van der Waals surface area (Å²) in [5.74, 6) is 0. The van der Waals surface area contributed by atoms with Crippen molar-refractivity contribution in [2.24, 2.45) is 0 Å². The summed E-state index contributed by atoms with van der Waals surface area (Å²) in [5, 5.41) is 6.00. The molecular weight excluding hydrogens is 376 g/mol. The van der Waals surface area contributed by atoms with Gasteiger partial charge in [0.1, 0.15) is 0 Å². The van der Waals surface area contributed by atoms with E-state index in [-0.39, 0.29) is 0 Å². The first-order valence-electron chi connectivity index (χ1n) is 10.9. The molecule has 0 N–H and O–H groups in total. The molecular formula is C29H32Si. The maximum Gasteiger partial charge on any atom is 0.179 e. The Bertz CT molecular complexity index is 991. The van der Waals surface area contributed by atoms with Crippen LogP contribution in [0.4, 0.5) is 0 Å². The quantitative estimate of drug-likeness (QED) is 0.399. The molecule has 0 amide bonds. The van der Waals surface area contributed by atoms with Crippen LogP contribution in [0.25, 0.3) is 0 Å². The zero-order valence-corrected chi connectivity index (χ0v) is 20.1. The van der Waals surface area contributed by atoms with Gasteiger partial charge in [0.15, 0.2) is 8.07 Å². The summed E-state index contributed by atoms with van der Waals surface area (Å²) in [5.41, 5.74) is 8.07. The highest BCUT2D eigenvalue weighted by Crippen LogP contribution is 2.25. The number of aryl methyl sites for hydroxylation is 6. The Morgan fingerprint density at radius 1 is 0.500 bits per heavy atom. The fourth-order valence-electron chi connectivity index (χ4n) is 5.31. The van der Waals surface area contributed by atoms with Gasteiger partial charge in [-0.2, -0.15) is 0 Å². The maximum absolute atomic E-state index is 2.47. The van der Waals surface area contributed by atoms with E-state index in [0.717, 1.165) is 6.42 Å². The molecule has 0 aliphatic heterocycles. The van der Waals surface area contributed by atoms with E-state index in [1.54, 1.807) is 0 Å². The van der Waals surface area contributed by atoms with Gasteiger partial charge >= 0.3 is 0 Å². The molecule has 30 heavy (non-hydrogen) atoms. The van der Waals surface area contributed by atoms with Gasteiger partial charge in [-0.15, -0.1) is 0 Å². The van der Waals surface area contributed by atoms with Crippen LogP contribution in [-0.2, 0) is 0 Å². The lowest BCUT2D eigenvalue weighted by Gasteiger charge is -2.36. The topological polar surface area (TPSA) is 0 Å². The van der Waals surface area contributed by atoms with Crippen LogP contribution in [0.2, 0.25) is 0 Å². The monoisotopic (exact) mass is 408 g/mol. The van der Waals surface area contributed by atoms with Crippen LogP contribution >= 0.6 is 0 Å².